The lowest BCUT2D eigenvalue weighted by atomic mass is 9.95. The maximum atomic E-state index is 14.4. The Morgan fingerprint density at radius 3 is 2.78 bits per heavy atom. The molecule has 1 fully saturated rings. The average Bonchev–Trinajstić information content (AvgIpc) is 3.50. The molecule has 0 saturated carbocycles. The smallest absolute Gasteiger partial charge is 0.229 e. The fourth-order valence-electron chi connectivity index (χ4n) is 3.75. The molecule has 4 aromatic rings. The summed E-state index contributed by atoms with van der Waals surface area (Å²) in [5.74, 6) is 0.390. The topological polar surface area (TPSA) is 88.8 Å². The van der Waals surface area contributed by atoms with E-state index in [-0.39, 0.29) is 17.6 Å². The van der Waals surface area contributed by atoms with Crippen molar-refractivity contribution in [3.63, 3.8) is 0 Å². The quantitative estimate of drug-likeness (QED) is 0.498. The number of nitrogens with zero attached hydrogens (tertiary/aromatic N) is 6. The Morgan fingerprint density at radius 2 is 2.03 bits per heavy atom. The van der Waals surface area contributed by atoms with Gasteiger partial charge in [-0.2, -0.15) is 5.10 Å². The van der Waals surface area contributed by atoms with E-state index in [0.29, 0.717) is 52.3 Å². The Kier molecular flexibility index (Phi) is 5.14. The van der Waals surface area contributed by atoms with Gasteiger partial charge in [-0.25, -0.2) is 19.3 Å². The highest BCUT2D eigenvalue weighted by atomic mass is 32.1. The summed E-state index contributed by atoms with van der Waals surface area (Å²) in [4.78, 5) is 27.5. The van der Waals surface area contributed by atoms with Crippen LogP contribution in [0.1, 0.15) is 17.9 Å². The van der Waals surface area contributed by atoms with Crippen LogP contribution in [-0.2, 0) is 11.8 Å². The number of carbonyl (C=O) groups excluding carboxylic acids is 1. The first kappa shape index (κ1) is 20.3. The molecule has 4 heterocycles. The Bertz CT molecular complexity index is 1300. The van der Waals surface area contributed by atoms with Gasteiger partial charge >= 0.3 is 0 Å². The Labute approximate surface area is 187 Å². The second-order valence-corrected chi connectivity index (χ2v) is 8.54. The summed E-state index contributed by atoms with van der Waals surface area (Å²) in [7, 11) is 3.60. The molecule has 10 heteroatoms. The van der Waals surface area contributed by atoms with Crippen molar-refractivity contribution >= 4 is 29.0 Å². The van der Waals surface area contributed by atoms with Crippen molar-refractivity contribution in [2.24, 2.45) is 7.05 Å². The largest absolute Gasteiger partial charge is 0.345 e. The normalized spacial score (nSPS) is 16.0. The van der Waals surface area contributed by atoms with E-state index in [9.17, 15) is 9.18 Å². The molecule has 3 aromatic heterocycles. The van der Waals surface area contributed by atoms with Crippen LogP contribution in [0, 0.1) is 5.82 Å². The van der Waals surface area contributed by atoms with Gasteiger partial charge in [-0.05, 0) is 36.2 Å². The van der Waals surface area contributed by atoms with E-state index < -0.39 is 0 Å². The fraction of sp³-hybridized carbons (Fsp3) is 0.227. The lowest BCUT2D eigenvalue weighted by molar-refractivity contribution is -0.127. The number of hydrogen-bond donors (Lipinski definition) is 1. The minimum Gasteiger partial charge on any atom is -0.345 e. The monoisotopic (exact) mass is 449 g/mol. The molecule has 1 atom stereocenters. The van der Waals surface area contributed by atoms with Crippen molar-refractivity contribution in [1.82, 2.24) is 29.6 Å². The van der Waals surface area contributed by atoms with Crippen molar-refractivity contribution in [3.8, 4) is 22.0 Å². The molecule has 1 aliphatic rings. The molecule has 1 N–H and O–H groups in total. The zero-order valence-electron chi connectivity index (χ0n) is 17.5. The zero-order valence-corrected chi connectivity index (χ0v) is 18.3. The second kappa shape index (κ2) is 8.12. The molecule has 1 amide bonds. The van der Waals surface area contributed by atoms with Gasteiger partial charge in [0.25, 0.3) is 0 Å². The van der Waals surface area contributed by atoms with Gasteiger partial charge in [0, 0.05) is 50.0 Å². The molecule has 0 bridgehead atoms. The summed E-state index contributed by atoms with van der Waals surface area (Å²) < 4.78 is 16.1. The van der Waals surface area contributed by atoms with Gasteiger partial charge < -0.3 is 10.2 Å². The number of thiazole rings is 1. The molecule has 0 aliphatic carbocycles. The predicted molar refractivity (Wildman–Crippen MR) is 120 cm³/mol. The van der Waals surface area contributed by atoms with E-state index in [2.05, 4.69) is 25.4 Å². The van der Waals surface area contributed by atoms with E-state index in [1.54, 1.807) is 28.9 Å². The van der Waals surface area contributed by atoms with Crippen molar-refractivity contribution in [2.45, 2.75) is 12.3 Å². The highest BCUT2D eigenvalue weighted by Crippen LogP contribution is 2.33. The van der Waals surface area contributed by atoms with Crippen LogP contribution in [0.4, 0.5) is 16.2 Å². The van der Waals surface area contributed by atoms with Crippen molar-refractivity contribution in [3.05, 3.63) is 59.5 Å². The number of halogens is 1. The van der Waals surface area contributed by atoms with Crippen LogP contribution in [0.5, 0.6) is 0 Å². The molecular formula is C22H20FN7OS. The molecule has 8 nitrogen and oxygen atoms in total. The number of likely N-dealkylation sites (N-methyl/N-ethyl adjacent to an activating group) is 1. The lowest BCUT2D eigenvalue weighted by Crippen LogP contribution is -2.21. The van der Waals surface area contributed by atoms with E-state index in [4.69, 9.17) is 0 Å². The third-order valence-electron chi connectivity index (χ3n) is 5.38. The average molecular weight is 450 g/mol. The standard InChI is InChI=1S/C22H20FN7OS/c1-29-7-4-16(21(29)31)13-9-14(11-15(23)10-13)18-12-32-20(25-18)17-3-6-24-22(26-17)27-19-5-8-30(2)28-19/h3,5-6,8-12,16H,4,7H2,1-2H3,(H,24,26,27,28). The maximum Gasteiger partial charge on any atom is 0.229 e. The number of aromatic nitrogens is 5. The lowest BCUT2D eigenvalue weighted by Gasteiger charge is -2.12. The summed E-state index contributed by atoms with van der Waals surface area (Å²) in [6, 6.07) is 8.35. The molecule has 5 rings (SSSR count). The van der Waals surface area contributed by atoms with Gasteiger partial charge in [-0.1, -0.05) is 0 Å². The van der Waals surface area contributed by atoms with Crippen LogP contribution in [0.15, 0.2) is 48.1 Å². The summed E-state index contributed by atoms with van der Waals surface area (Å²) >= 11 is 1.41. The van der Waals surface area contributed by atoms with Crippen molar-refractivity contribution in [2.75, 3.05) is 18.9 Å². The third kappa shape index (κ3) is 3.96. The first-order valence-corrected chi connectivity index (χ1v) is 11.0. The molecule has 1 unspecified atom stereocenters. The van der Waals surface area contributed by atoms with Gasteiger partial charge in [0.2, 0.25) is 11.9 Å². The van der Waals surface area contributed by atoms with Crippen LogP contribution < -0.4 is 5.32 Å². The first-order valence-electron chi connectivity index (χ1n) is 10.1. The van der Waals surface area contributed by atoms with Crippen molar-refractivity contribution < 1.29 is 9.18 Å². The van der Waals surface area contributed by atoms with Gasteiger partial charge in [-0.15, -0.1) is 11.3 Å². The van der Waals surface area contributed by atoms with Crippen molar-refractivity contribution in [1.29, 1.82) is 0 Å². The zero-order chi connectivity index (χ0) is 22.2. The number of carbonyl (C=O) groups is 1. The summed E-state index contributed by atoms with van der Waals surface area (Å²) in [5.41, 5.74) is 2.62. The summed E-state index contributed by atoms with van der Waals surface area (Å²) in [6.45, 7) is 0.679. The number of anilines is 2. The second-order valence-electron chi connectivity index (χ2n) is 7.68. The van der Waals surface area contributed by atoms with Gasteiger partial charge in [0.15, 0.2) is 5.82 Å². The summed E-state index contributed by atoms with van der Waals surface area (Å²) in [5, 5.41) is 9.88. The Morgan fingerprint density at radius 1 is 1.16 bits per heavy atom. The van der Waals surface area contributed by atoms with Crippen LogP contribution in [0.2, 0.25) is 0 Å². The number of likely N-dealkylation sites (tertiary alicyclic amines) is 1. The summed E-state index contributed by atoms with van der Waals surface area (Å²) in [6.07, 6.45) is 4.16. The molecule has 1 aromatic carbocycles. The number of nitrogens with one attached hydrogen (secondary N) is 1. The van der Waals surface area contributed by atoms with Gasteiger partial charge in [0.1, 0.15) is 16.5 Å². The highest BCUT2D eigenvalue weighted by molar-refractivity contribution is 7.13. The number of hydrogen-bond acceptors (Lipinski definition) is 7. The third-order valence-corrected chi connectivity index (χ3v) is 6.24. The fourth-order valence-corrected chi connectivity index (χ4v) is 4.55. The Hall–Kier alpha value is -3.66. The van der Waals surface area contributed by atoms with E-state index in [1.807, 2.05) is 30.8 Å². The number of benzene rings is 1. The maximum absolute atomic E-state index is 14.4. The molecule has 0 radical (unpaired) electrons. The molecule has 1 saturated heterocycles. The Balaban J connectivity index is 1.42. The van der Waals surface area contributed by atoms with Gasteiger partial charge in [-0.3, -0.25) is 9.48 Å². The van der Waals surface area contributed by atoms with Crippen LogP contribution in [0.25, 0.3) is 22.0 Å². The molecule has 1 aliphatic heterocycles. The van der Waals surface area contributed by atoms with Crippen LogP contribution in [-0.4, -0.2) is 49.1 Å². The van der Waals surface area contributed by atoms with Crippen LogP contribution >= 0.6 is 11.3 Å². The highest BCUT2D eigenvalue weighted by Gasteiger charge is 2.31. The predicted octanol–water partition coefficient (Wildman–Crippen LogP) is 3.83. The molecule has 162 valence electrons. The van der Waals surface area contributed by atoms with E-state index in [1.165, 1.54) is 23.5 Å². The number of aryl methyl sites for hydroxylation is 1. The van der Waals surface area contributed by atoms with Gasteiger partial charge in [0.05, 0.1) is 11.6 Å². The van der Waals surface area contributed by atoms with Crippen LogP contribution in [0.3, 0.4) is 0 Å². The number of rotatable bonds is 5. The minimum atomic E-state index is -0.377. The number of amides is 1. The first-order chi connectivity index (χ1) is 15.5. The van der Waals surface area contributed by atoms with E-state index >= 15 is 0 Å². The molecule has 32 heavy (non-hydrogen) atoms. The SMILES string of the molecule is CN1CCC(c2cc(F)cc(-c3csc(-c4ccnc(Nc5ccn(C)n5)n4)n3)c2)C1=O. The molecule has 0 spiro atoms. The molecular weight excluding hydrogens is 429 g/mol. The minimum absolute atomic E-state index is 0.0226. The van der Waals surface area contributed by atoms with E-state index in [0.717, 1.165) is 0 Å².